The van der Waals surface area contributed by atoms with Crippen LogP contribution >= 0.6 is 0 Å². The van der Waals surface area contributed by atoms with Gasteiger partial charge in [-0.1, -0.05) is 39.8 Å². The second-order valence-electron chi connectivity index (χ2n) is 6.67. The molecule has 25 heavy (non-hydrogen) atoms. The summed E-state index contributed by atoms with van der Waals surface area (Å²) in [5.74, 6) is -0.786. The predicted molar refractivity (Wildman–Crippen MR) is 95.5 cm³/mol. The first-order valence-corrected chi connectivity index (χ1v) is 9.59. The molecule has 6 nitrogen and oxygen atoms in total. The Morgan fingerprint density at radius 2 is 1.76 bits per heavy atom. The van der Waals surface area contributed by atoms with E-state index in [0.717, 1.165) is 6.08 Å². The number of rotatable bonds is 9. The Balaban J connectivity index is 3.40. The van der Waals surface area contributed by atoms with Gasteiger partial charge in [0.2, 0.25) is 10.0 Å². The van der Waals surface area contributed by atoms with Gasteiger partial charge in [-0.15, -0.1) is 0 Å². The average molecular weight is 368 g/mol. The Hall–Kier alpha value is -1.86. The molecular weight excluding hydrogens is 342 g/mol. The Bertz CT molecular complexity index is 713. The normalized spacial score (nSPS) is 12.5. The molecule has 0 aliphatic rings. The van der Waals surface area contributed by atoms with Crippen molar-refractivity contribution in [3.05, 3.63) is 29.8 Å². The number of carbonyl (C=O) groups excluding carboxylic acids is 1. The van der Waals surface area contributed by atoms with E-state index in [0.29, 0.717) is 18.7 Å². The third-order valence-corrected chi connectivity index (χ3v) is 5.21. The molecule has 1 aromatic rings. The van der Waals surface area contributed by atoms with Crippen LogP contribution in [0.3, 0.4) is 0 Å². The van der Waals surface area contributed by atoms with E-state index in [2.05, 4.69) is 0 Å². The SMILES string of the molecule is COc1ccc(/C=C/C(=O)[O-])cc1S(=O)(=O)N(CC(C)C)CC(C)C. The summed E-state index contributed by atoms with van der Waals surface area (Å²) in [5, 5.41) is 10.6. The molecule has 0 bridgehead atoms. The van der Waals surface area contributed by atoms with Gasteiger partial charge in [0.25, 0.3) is 0 Å². The molecular formula is C18H26NO5S-. The average Bonchev–Trinajstić information content (AvgIpc) is 2.51. The summed E-state index contributed by atoms with van der Waals surface area (Å²) in [4.78, 5) is 10.6. The van der Waals surface area contributed by atoms with E-state index in [1.807, 2.05) is 27.7 Å². The molecule has 0 aliphatic carbocycles. The maximum Gasteiger partial charge on any atom is 0.246 e. The first-order chi connectivity index (χ1) is 11.6. The standard InChI is InChI=1S/C18H27NO5S/c1-13(2)11-19(12-14(3)4)25(22,23)17-10-15(7-9-18(20)21)6-8-16(17)24-5/h6-10,13-14H,11-12H2,1-5H3,(H,20,21)/p-1/b9-7+. The lowest BCUT2D eigenvalue weighted by Gasteiger charge is -2.26. The second kappa shape index (κ2) is 9.01. The van der Waals surface area contributed by atoms with Gasteiger partial charge in [0.1, 0.15) is 10.6 Å². The van der Waals surface area contributed by atoms with Gasteiger partial charge in [-0.2, -0.15) is 4.31 Å². The first kappa shape index (κ1) is 21.2. The minimum absolute atomic E-state index is 0.0248. The van der Waals surface area contributed by atoms with Crippen molar-refractivity contribution in [3.63, 3.8) is 0 Å². The molecule has 0 amide bonds. The number of nitrogens with zero attached hydrogens (tertiary/aromatic N) is 1. The lowest BCUT2D eigenvalue weighted by atomic mass is 10.2. The first-order valence-electron chi connectivity index (χ1n) is 8.15. The van der Waals surface area contributed by atoms with E-state index in [4.69, 9.17) is 4.74 Å². The number of hydrogen-bond acceptors (Lipinski definition) is 5. The minimum Gasteiger partial charge on any atom is -0.545 e. The fraction of sp³-hybridized carbons (Fsp3) is 0.500. The molecule has 0 radical (unpaired) electrons. The summed E-state index contributed by atoms with van der Waals surface area (Å²) < 4.78 is 33.0. The Kier molecular flexibility index (Phi) is 7.63. The number of carboxylic acid groups (broad SMARTS) is 1. The molecule has 1 rings (SSSR count). The van der Waals surface area contributed by atoms with Crippen molar-refractivity contribution >= 4 is 22.1 Å². The Morgan fingerprint density at radius 3 is 2.20 bits per heavy atom. The maximum absolute atomic E-state index is 13.2. The number of sulfonamides is 1. The molecule has 1 aromatic carbocycles. The molecule has 0 saturated heterocycles. The molecule has 0 N–H and O–H groups in total. The van der Waals surface area contributed by atoms with Gasteiger partial charge in [-0.05, 0) is 35.6 Å². The topological polar surface area (TPSA) is 86.7 Å². The van der Waals surface area contributed by atoms with Crippen LogP contribution in [0.2, 0.25) is 0 Å². The quantitative estimate of drug-likeness (QED) is 0.620. The van der Waals surface area contributed by atoms with Crippen molar-refractivity contribution in [2.75, 3.05) is 20.2 Å². The number of ether oxygens (including phenoxy) is 1. The molecule has 140 valence electrons. The highest BCUT2D eigenvalue weighted by atomic mass is 32.2. The van der Waals surface area contributed by atoms with E-state index in [9.17, 15) is 18.3 Å². The highest BCUT2D eigenvalue weighted by Crippen LogP contribution is 2.29. The zero-order valence-electron chi connectivity index (χ0n) is 15.4. The van der Waals surface area contributed by atoms with Crippen LogP contribution in [-0.2, 0) is 14.8 Å². The van der Waals surface area contributed by atoms with Crippen molar-refractivity contribution in [1.82, 2.24) is 4.31 Å². The molecule has 7 heteroatoms. The van der Waals surface area contributed by atoms with Crippen molar-refractivity contribution in [3.8, 4) is 5.75 Å². The zero-order chi connectivity index (χ0) is 19.2. The highest BCUT2D eigenvalue weighted by molar-refractivity contribution is 7.89. The van der Waals surface area contributed by atoms with Crippen LogP contribution in [0.1, 0.15) is 33.3 Å². The number of benzene rings is 1. The van der Waals surface area contributed by atoms with Crippen LogP contribution in [0.5, 0.6) is 5.75 Å². The highest BCUT2D eigenvalue weighted by Gasteiger charge is 2.29. The monoisotopic (exact) mass is 368 g/mol. The molecule has 0 spiro atoms. The fourth-order valence-electron chi connectivity index (χ4n) is 2.39. The van der Waals surface area contributed by atoms with Gasteiger partial charge in [0, 0.05) is 13.1 Å². The lowest BCUT2D eigenvalue weighted by molar-refractivity contribution is -0.297. The molecule has 0 aliphatic heterocycles. The van der Waals surface area contributed by atoms with Gasteiger partial charge in [0.05, 0.1) is 13.1 Å². The summed E-state index contributed by atoms with van der Waals surface area (Å²) in [6.07, 6.45) is 2.15. The predicted octanol–water partition coefficient (Wildman–Crippen LogP) is 1.76. The van der Waals surface area contributed by atoms with Crippen LogP contribution in [0.15, 0.2) is 29.2 Å². The summed E-state index contributed by atoms with van der Waals surface area (Å²) in [6, 6.07) is 4.53. The van der Waals surface area contributed by atoms with Gasteiger partial charge in [-0.25, -0.2) is 8.42 Å². The molecule has 0 saturated carbocycles. The fourth-order valence-corrected chi connectivity index (χ4v) is 4.34. The number of carboxylic acids is 1. The summed E-state index contributed by atoms with van der Waals surface area (Å²) in [7, 11) is -2.38. The van der Waals surface area contributed by atoms with Crippen LogP contribution in [0.4, 0.5) is 0 Å². The lowest BCUT2D eigenvalue weighted by Crippen LogP contribution is -2.37. The zero-order valence-corrected chi connectivity index (χ0v) is 16.2. The number of hydrogen-bond donors (Lipinski definition) is 0. The van der Waals surface area contributed by atoms with Crippen LogP contribution in [-0.4, -0.2) is 38.9 Å². The van der Waals surface area contributed by atoms with Crippen molar-refractivity contribution in [1.29, 1.82) is 0 Å². The molecule has 0 unspecified atom stereocenters. The van der Waals surface area contributed by atoms with E-state index < -0.39 is 16.0 Å². The minimum atomic E-state index is -3.78. The summed E-state index contributed by atoms with van der Waals surface area (Å²) >= 11 is 0. The Labute approximate surface area is 150 Å². The van der Waals surface area contributed by atoms with Crippen molar-refractivity contribution in [2.45, 2.75) is 32.6 Å². The van der Waals surface area contributed by atoms with E-state index in [-0.39, 0.29) is 22.5 Å². The third kappa shape index (κ3) is 6.17. The van der Waals surface area contributed by atoms with Crippen molar-refractivity contribution in [2.24, 2.45) is 11.8 Å². The number of methoxy groups -OCH3 is 1. The van der Waals surface area contributed by atoms with Crippen LogP contribution in [0.25, 0.3) is 6.08 Å². The molecule has 0 atom stereocenters. The van der Waals surface area contributed by atoms with Crippen LogP contribution in [0, 0.1) is 11.8 Å². The third-order valence-electron chi connectivity index (χ3n) is 3.35. The summed E-state index contributed by atoms with van der Waals surface area (Å²) in [6.45, 7) is 8.61. The smallest absolute Gasteiger partial charge is 0.246 e. The summed E-state index contributed by atoms with van der Waals surface area (Å²) in [5.41, 5.74) is 0.442. The van der Waals surface area contributed by atoms with E-state index in [1.54, 1.807) is 6.07 Å². The van der Waals surface area contributed by atoms with Gasteiger partial charge in [-0.3, -0.25) is 0 Å². The molecule has 0 fully saturated rings. The van der Waals surface area contributed by atoms with E-state index >= 15 is 0 Å². The van der Waals surface area contributed by atoms with Gasteiger partial charge in [0.15, 0.2) is 0 Å². The number of aliphatic carboxylic acids is 1. The molecule has 0 aromatic heterocycles. The molecule has 0 heterocycles. The largest absolute Gasteiger partial charge is 0.545 e. The van der Waals surface area contributed by atoms with Gasteiger partial charge >= 0.3 is 0 Å². The maximum atomic E-state index is 13.2. The Morgan fingerprint density at radius 1 is 1.20 bits per heavy atom. The number of carbonyl (C=O) groups is 1. The van der Waals surface area contributed by atoms with Crippen molar-refractivity contribution < 1.29 is 23.1 Å². The second-order valence-corrected chi connectivity index (χ2v) is 8.58. The van der Waals surface area contributed by atoms with E-state index in [1.165, 1.54) is 29.6 Å². The van der Waals surface area contributed by atoms with Crippen LogP contribution < -0.4 is 9.84 Å². The van der Waals surface area contributed by atoms with Gasteiger partial charge < -0.3 is 14.6 Å².